The SMILES string of the molecule is CC(C)(C)c1nc(-c2ccccc2F)ncc1NCCN. The van der Waals surface area contributed by atoms with Crippen LogP contribution in [0.25, 0.3) is 11.4 Å². The van der Waals surface area contributed by atoms with Crippen molar-refractivity contribution in [3.8, 4) is 11.4 Å². The minimum atomic E-state index is -0.319. The van der Waals surface area contributed by atoms with Gasteiger partial charge >= 0.3 is 0 Å². The second kappa shape index (κ2) is 6.18. The first-order valence-electron chi connectivity index (χ1n) is 7.00. The van der Waals surface area contributed by atoms with Crippen LogP contribution in [0.1, 0.15) is 26.5 Å². The maximum atomic E-state index is 13.9. The smallest absolute Gasteiger partial charge is 0.162 e. The van der Waals surface area contributed by atoms with Gasteiger partial charge in [-0.05, 0) is 12.1 Å². The molecule has 0 atom stereocenters. The van der Waals surface area contributed by atoms with Crippen molar-refractivity contribution in [3.05, 3.63) is 42.0 Å². The van der Waals surface area contributed by atoms with Gasteiger partial charge in [0.1, 0.15) is 5.82 Å². The molecular weight excluding hydrogens is 267 g/mol. The summed E-state index contributed by atoms with van der Waals surface area (Å²) in [5.74, 6) is 0.0800. The zero-order valence-corrected chi connectivity index (χ0v) is 12.7. The van der Waals surface area contributed by atoms with Crippen LogP contribution >= 0.6 is 0 Å². The Kier molecular flexibility index (Phi) is 4.53. The van der Waals surface area contributed by atoms with Crippen LogP contribution in [0.15, 0.2) is 30.5 Å². The summed E-state index contributed by atoms with van der Waals surface area (Å²) in [6.07, 6.45) is 1.70. The maximum Gasteiger partial charge on any atom is 0.162 e. The van der Waals surface area contributed by atoms with Gasteiger partial charge in [0.25, 0.3) is 0 Å². The second-order valence-corrected chi connectivity index (χ2v) is 5.90. The first-order chi connectivity index (χ1) is 9.93. The Balaban J connectivity index is 2.49. The van der Waals surface area contributed by atoms with Gasteiger partial charge in [-0.1, -0.05) is 32.9 Å². The van der Waals surface area contributed by atoms with Crippen molar-refractivity contribution < 1.29 is 4.39 Å². The van der Waals surface area contributed by atoms with E-state index in [2.05, 4.69) is 36.1 Å². The lowest BCUT2D eigenvalue weighted by Gasteiger charge is -2.22. The molecule has 4 nitrogen and oxygen atoms in total. The monoisotopic (exact) mass is 288 g/mol. The summed E-state index contributed by atoms with van der Waals surface area (Å²) >= 11 is 0. The van der Waals surface area contributed by atoms with Crippen molar-refractivity contribution in [2.75, 3.05) is 18.4 Å². The molecule has 1 aromatic heterocycles. The molecule has 2 aromatic rings. The van der Waals surface area contributed by atoms with Crippen LogP contribution in [0, 0.1) is 5.82 Å². The Morgan fingerprint density at radius 1 is 1.24 bits per heavy atom. The summed E-state index contributed by atoms with van der Waals surface area (Å²) in [6, 6.07) is 6.53. The van der Waals surface area contributed by atoms with E-state index in [1.165, 1.54) is 6.07 Å². The number of nitrogens with zero attached hydrogens (tertiary/aromatic N) is 2. The van der Waals surface area contributed by atoms with Crippen molar-refractivity contribution in [1.82, 2.24) is 9.97 Å². The van der Waals surface area contributed by atoms with Crippen molar-refractivity contribution in [2.45, 2.75) is 26.2 Å². The fourth-order valence-corrected chi connectivity index (χ4v) is 2.06. The highest BCUT2D eigenvalue weighted by atomic mass is 19.1. The zero-order valence-electron chi connectivity index (χ0n) is 12.7. The third kappa shape index (κ3) is 3.55. The van der Waals surface area contributed by atoms with Crippen LogP contribution in [-0.4, -0.2) is 23.1 Å². The van der Waals surface area contributed by atoms with E-state index in [0.717, 1.165) is 11.4 Å². The molecular formula is C16H21FN4. The molecule has 0 bridgehead atoms. The lowest BCUT2D eigenvalue weighted by molar-refractivity contribution is 0.568. The Bertz CT molecular complexity index is 620. The van der Waals surface area contributed by atoms with Crippen LogP contribution in [0.2, 0.25) is 0 Å². The molecule has 3 N–H and O–H groups in total. The first-order valence-corrected chi connectivity index (χ1v) is 7.00. The number of halogens is 1. The standard InChI is InChI=1S/C16H21FN4/c1-16(2,3)14-13(19-9-8-18)10-20-15(21-14)11-6-4-5-7-12(11)17/h4-7,10,19H,8-9,18H2,1-3H3. The quantitative estimate of drug-likeness (QED) is 0.908. The van der Waals surface area contributed by atoms with Crippen LogP contribution in [0.4, 0.5) is 10.1 Å². The van der Waals surface area contributed by atoms with Gasteiger partial charge in [0.05, 0.1) is 23.1 Å². The molecule has 21 heavy (non-hydrogen) atoms. The molecule has 0 aliphatic heterocycles. The Morgan fingerprint density at radius 2 is 1.95 bits per heavy atom. The number of rotatable bonds is 4. The fraction of sp³-hybridized carbons (Fsp3) is 0.375. The van der Waals surface area contributed by atoms with Gasteiger partial charge in [0, 0.05) is 18.5 Å². The molecule has 0 aliphatic rings. The van der Waals surface area contributed by atoms with E-state index in [0.29, 0.717) is 24.5 Å². The van der Waals surface area contributed by atoms with Crippen molar-refractivity contribution in [3.63, 3.8) is 0 Å². The molecule has 112 valence electrons. The van der Waals surface area contributed by atoms with E-state index in [1.54, 1.807) is 24.4 Å². The third-order valence-corrected chi connectivity index (χ3v) is 3.07. The van der Waals surface area contributed by atoms with Gasteiger partial charge in [-0.3, -0.25) is 0 Å². The number of anilines is 1. The van der Waals surface area contributed by atoms with Crippen LogP contribution in [-0.2, 0) is 5.41 Å². The zero-order chi connectivity index (χ0) is 15.5. The molecule has 0 aliphatic carbocycles. The van der Waals surface area contributed by atoms with Gasteiger partial charge in [-0.2, -0.15) is 0 Å². The molecule has 1 aromatic carbocycles. The summed E-state index contributed by atoms with van der Waals surface area (Å²) < 4.78 is 13.9. The number of nitrogens with two attached hydrogens (primary N) is 1. The topological polar surface area (TPSA) is 63.8 Å². The minimum Gasteiger partial charge on any atom is -0.381 e. The molecule has 0 radical (unpaired) electrons. The predicted molar refractivity (Wildman–Crippen MR) is 83.7 cm³/mol. The summed E-state index contributed by atoms with van der Waals surface area (Å²) in [5, 5.41) is 3.22. The average molecular weight is 288 g/mol. The van der Waals surface area contributed by atoms with E-state index in [4.69, 9.17) is 5.73 Å². The van der Waals surface area contributed by atoms with Gasteiger partial charge in [-0.15, -0.1) is 0 Å². The highest BCUT2D eigenvalue weighted by Gasteiger charge is 2.22. The molecule has 0 amide bonds. The first kappa shape index (κ1) is 15.4. The Hall–Kier alpha value is -2.01. The lowest BCUT2D eigenvalue weighted by atomic mass is 9.90. The van der Waals surface area contributed by atoms with Crippen molar-refractivity contribution >= 4 is 5.69 Å². The van der Waals surface area contributed by atoms with Gasteiger partial charge < -0.3 is 11.1 Å². The normalized spacial score (nSPS) is 11.5. The molecule has 0 unspecified atom stereocenters. The number of nitrogens with one attached hydrogen (secondary N) is 1. The maximum absolute atomic E-state index is 13.9. The van der Waals surface area contributed by atoms with Crippen molar-refractivity contribution in [1.29, 1.82) is 0 Å². The van der Waals surface area contributed by atoms with E-state index >= 15 is 0 Å². The molecule has 0 saturated heterocycles. The number of hydrogen-bond acceptors (Lipinski definition) is 4. The van der Waals surface area contributed by atoms with E-state index in [1.807, 2.05) is 0 Å². The predicted octanol–water partition coefficient (Wildman–Crippen LogP) is 2.95. The lowest BCUT2D eigenvalue weighted by Crippen LogP contribution is -2.21. The third-order valence-electron chi connectivity index (χ3n) is 3.07. The Morgan fingerprint density at radius 3 is 2.57 bits per heavy atom. The molecule has 0 spiro atoms. The summed E-state index contributed by atoms with van der Waals surface area (Å²) in [6.45, 7) is 7.36. The number of aromatic nitrogens is 2. The second-order valence-electron chi connectivity index (χ2n) is 5.90. The van der Waals surface area contributed by atoms with Gasteiger partial charge in [0.15, 0.2) is 5.82 Å². The summed E-state index contributed by atoms with van der Waals surface area (Å²) in [7, 11) is 0. The molecule has 2 rings (SSSR count). The molecule has 0 fully saturated rings. The highest BCUT2D eigenvalue weighted by molar-refractivity contribution is 5.59. The van der Waals surface area contributed by atoms with Crippen LogP contribution in [0.3, 0.4) is 0 Å². The van der Waals surface area contributed by atoms with Crippen LogP contribution in [0.5, 0.6) is 0 Å². The van der Waals surface area contributed by atoms with Crippen LogP contribution < -0.4 is 11.1 Å². The largest absolute Gasteiger partial charge is 0.381 e. The molecule has 5 heteroatoms. The van der Waals surface area contributed by atoms with E-state index < -0.39 is 0 Å². The average Bonchev–Trinajstić information content (AvgIpc) is 2.44. The van der Waals surface area contributed by atoms with Gasteiger partial charge in [0.2, 0.25) is 0 Å². The minimum absolute atomic E-state index is 0.181. The Labute approximate surface area is 124 Å². The van der Waals surface area contributed by atoms with E-state index in [9.17, 15) is 4.39 Å². The van der Waals surface area contributed by atoms with Gasteiger partial charge in [-0.25, -0.2) is 14.4 Å². The molecule has 1 heterocycles. The van der Waals surface area contributed by atoms with Crippen molar-refractivity contribution in [2.24, 2.45) is 5.73 Å². The highest BCUT2D eigenvalue weighted by Crippen LogP contribution is 2.29. The summed E-state index contributed by atoms with van der Waals surface area (Å²) in [4.78, 5) is 8.86. The van der Waals surface area contributed by atoms with E-state index in [-0.39, 0.29) is 11.2 Å². The number of benzene rings is 1. The number of hydrogen-bond donors (Lipinski definition) is 2. The summed E-state index contributed by atoms with van der Waals surface area (Å²) in [5.41, 5.74) is 7.45. The fourth-order valence-electron chi connectivity index (χ4n) is 2.06. The molecule has 0 saturated carbocycles.